The molecular weight excluding hydrogens is 490 g/mol. The Morgan fingerprint density at radius 2 is 2.05 bits per heavy atom. The second kappa shape index (κ2) is 10.4. The Bertz CT molecular complexity index is 1130. The summed E-state index contributed by atoms with van der Waals surface area (Å²) in [5, 5.41) is 16.0. The van der Waals surface area contributed by atoms with Gasteiger partial charge in [0.05, 0.1) is 44.9 Å². The van der Waals surface area contributed by atoms with E-state index in [1.165, 1.54) is 4.88 Å². The van der Waals surface area contributed by atoms with Crippen molar-refractivity contribution in [2.24, 2.45) is 23.2 Å². The molecule has 9 heteroatoms. The van der Waals surface area contributed by atoms with Crippen LogP contribution in [0.2, 0.25) is 0 Å². The maximum absolute atomic E-state index is 13.3. The monoisotopic (exact) mass is 529 g/mol. The zero-order valence-electron chi connectivity index (χ0n) is 22.5. The summed E-state index contributed by atoms with van der Waals surface area (Å²) in [6.07, 6.45) is 2.20. The molecule has 1 aromatic heterocycles. The van der Waals surface area contributed by atoms with Gasteiger partial charge in [0.25, 0.3) is 0 Å². The summed E-state index contributed by atoms with van der Waals surface area (Å²) in [6, 6.07) is 5.65. The zero-order chi connectivity index (χ0) is 26.3. The van der Waals surface area contributed by atoms with Crippen LogP contribution in [0, 0.1) is 23.2 Å². The highest BCUT2D eigenvalue weighted by molar-refractivity contribution is 7.15. The molecule has 0 spiro atoms. The minimum atomic E-state index is -0.543. The van der Waals surface area contributed by atoms with Crippen LogP contribution >= 0.6 is 11.3 Å². The van der Waals surface area contributed by atoms with E-state index < -0.39 is 6.10 Å². The van der Waals surface area contributed by atoms with E-state index in [1.54, 1.807) is 25.6 Å². The van der Waals surface area contributed by atoms with Gasteiger partial charge in [0.15, 0.2) is 5.13 Å². The maximum Gasteiger partial charge on any atom is 0.225 e. The first-order chi connectivity index (χ1) is 17.8. The van der Waals surface area contributed by atoms with Gasteiger partial charge >= 0.3 is 0 Å². The third-order valence-electron chi connectivity index (χ3n) is 8.92. The molecule has 1 aromatic carbocycles. The number of nitrogens with one attached hydrogen (secondary N) is 1. The number of methoxy groups -OCH3 is 2. The van der Waals surface area contributed by atoms with Gasteiger partial charge in [-0.1, -0.05) is 20.8 Å². The van der Waals surface area contributed by atoms with Gasteiger partial charge in [0, 0.05) is 35.9 Å². The molecule has 202 valence electrons. The van der Waals surface area contributed by atoms with Gasteiger partial charge in [-0.25, -0.2) is 4.98 Å². The Kier molecular flexibility index (Phi) is 7.40. The first-order valence-electron chi connectivity index (χ1n) is 13.3. The van der Waals surface area contributed by atoms with E-state index in [-0.39, 0.29) is 35.0 Å². The Labute approximate surface area is 223 Å². The van der Waals surface area contributed by atoms with Crippen molar-refractivity contribution in [1.29, 1.82) is 0 Å². The number of morpholine rings is 1. The molecule has 1 aliphatic heterocycles. The lowest BCUT2D eigenvalue weighted by molar-refractivity contribution is -0.148. The van der Waals surface area contributed by atoms with E-state index in [0.717, 1.165) is 47.3 Å². The molecule has 2 heterocycles. The van der Waals surface area contributed by atoms with Gasteiger partial charge in [0.2, 0.25) is 5.91 Å². The number of aromatic nitrogens is 1. The minimum absolute atomic E-state index is 0.0263. The Balaban J connectivity index is 1.37. The number of hydrogen-bond acceptors (Lipinski definition) is 8. The van der Waals surface area contributed by atoms with Gasteiger partial charge in [-0.2, -0.15) is 0 Å². The van der Waals surface area contributed by atoms with E-state index >= 15 is 0 Å². The molecule has 37 heavy (non-hydrogen) atoms. The van der Waals surface area contributed by atoms with Crippen molar-refractivity contribution in [2.75, 3.05) is 45.8 Å². The largest absolute Gasteiger partial charge is 0.497 e. The summed E-state index contributed by atoms with van der Waals surface area (Å²) in [5.74, 6) is 1.50. The number of rotatable bonds is 6. The van der Waals surface area contributed by atoms with Gasteiger partial charge in [0.1, 0.15) is 11.5 Å². The summed E-state index contributed by atoms with van der Waals surface area (Å²) in [6.45, 7) is 8.96. The van der Waals surface area contributed by atoms with Gasteiger partial charge in [-0.15, -0.1) is 11.3 Å². The van der Waals surface area contributed by atoms with Gasteiger partial charge in [-0.3, -0.25) is 4.79 Å². The van der Waals surface area contributed by atoms with Gasteiger partial charge in [-0.05, 0) is 48.6 Å². The first kappa shape index (κ1) is 26.3. The van der Waals surface area contributed by atoms with Crippen molar-refractivity contribution < 1.29 is 24.1 Å². The summed E-state index contributed by atoms with van der Waals surface area (Å²) in [4.78, 5) is 21.4. The molecular formula is C28H39N3O5S. The maximum atomic E-state index is 13.3. The van der Waals surface area contributed by atoms with Crippen molar-refractivity contribution in [1.82, 2.24) is 9.88 Å². The molecule has 2 fully saturated rings. The quantitative estimate of drug-likeness (QED) is 0.571. The van der Waals surface area contributed by atoms with E-state index in [2.05, 4.69) is 19.2 Å². The lowest BCUT2D eigenvalue weighted by Gasteiger charge is -2.53. The second-order valence-corrected chi connectivity index (χ2v) is 12.2. The molecule has 3 aliphatic rings. The van der Waals surface area contributed by atoms with Crippen LogP contribution in [0.15, 0.2) is 18.2 Å². The molecule has 2 aromatic rings. The molecule has 0 radical (unpaired) electrons. The summed E-state index contributed by atoms with van der Waals surface area (Å²) >= 11 is 1.68. The van der Waals surface area contributed by atoms with Crippen LogP contribution in [0.1, 0.15) is 50.1 Å². The number of carbonyl (C=O) groups excluding carboxylic acids is 1. The van der Waals surface area contributed by atoms with Crippen molar-refractivity contribution in [3.63, 3.8) is 0 Å². The van der Waals surface area contributed by atoms with E-state index in [1.807, 2.05) is 30.0 Å². The molecule has 8 nitrogen and oxygen atoms in total. The Morgan fingerprint density at radius 1 is 1.30 bits per heavy atom. The molecule has 1 amide bonds. The van der Waals surface area contributed by atoms with E-state index in [4.69, 9.17) is 19.2 Å². The fourth-order valence-electron chi connectivity index (χ4n) is 6.88. The average Bonchev–Trinajstić information content (AvgIpc) is 3.30. The molecule has 2 aliphatic carbocycles. The second-order valence-electron chi connectivity index (χ2n) is 11.1. The lowest BCUT2D eigenvalue weighted by Crippen LogP contribution is -2.54. The highest BCUT2D eigenvalue weighted by Gasteiger charge is 2.54. The molecule has 1 saturated carbocycles. The Morgan fingerprint density at radius 3 is 2.76 bits per heavy atom. The number of aliphatic hydroxyl groups excluding tert-OH is 1. The number of benzene rings is 1. The Hall–Kier alpha value is -2.36. The topological polar surface area (TPSA) is 93.2 Å². The number of aliphatic hydroxyl groups is 1. The highest BCUT2D eigenvalue weighted by atomic mass is 32.1. The number of ether oxygens (including phenoxy) is 3. The molecule has 0 bridgehead atoms. The number of thiazole rings is 1. The van der Waals surface area contributed by atoms with Crippen molar-refractivity contribution in [3.05, 3.63) is 28.8 Å². The number of anilines is 2. The smallest absolute Gasteiger partial charge is 0.225 e. The molecule has 2 N–H and O–H groups in total. The van der Waals surface area contributed by atoms with Crippen molar-refractivity contribution in [2.45, 2.75) is 52.1 Å². The summed E-state index contributed by atoms with van der Waals surface area (Å²) in [7, 11) is 3.29. The van der Waals surface area contributed by atoms with Crippen LogP contribution in [-0.2, 0) is 16.0 Å². The molecule has 6 atom stereocenters. The number of hydrogen-bond donors (Lipinski definition) is 2. The first-order valence-corrected chi connectivity index (χ1v) is 14.1. The fourth-order valence-corrected chi connectivity index (χ4v) is 8.16. The number of nitrogens with zero attached hydrogens (tertiary/aromatic N) is 2. The summed E-state index contributed by atoms with van der Waals surface area (Å²) < 4.78 is 16.3. The van der Waals surface area contributed by atoms with E-state index in [0.29, 0.717) is 26.3 Å². The third-order valence-corrected chi connectivity index (χ3v) is 9.91. The van der Waals surface area contributed by atoms with Crippen LogP contribution in [0.3, 0.4) is 0 Å². The fraction of sp³-hybridized carbons (Fsp3) is 0.643. The normalized spacial score (nSPS) is 30.2. The average molecular weight is 530 g/mol. The van der Waals surface area contributed by atoms with Crippen molar-refractivity contribution >= 4 is 28.1 Å². The van der Waals surface area contributed by atoms with Crippen LogP contribution in [0.4, 0.5) is 10.8 Å². The van der Waals surface area contributed by atoms with Gasteiger partial charge < -0.3 is 29.5 Å². The number of carbonyl (C=O) groups is 1. The lowest BCUT2D eigenvalue weighted by atomic mass is 9.53. The predicted molar refractivity (Wildman–Crippen MR) is 144 cm³/mol. The minimum Gasteiger partial charge on any atom is -0.497 e. The van der Waals surface area contributed by atoms with Crippen LogP contribution in [-0.4, -0.2) is 67.5 Å². The highest BCUT2D eigenvalue weighted by Crippen LogP contribution is 2.57. The predicted octanol–water partition coefficient (Wildman–Crippen LogP) is 4.45. The van der Waals surface area contributed by atoms with Crippen molar-refractivity contribution in [3.8, 4) is 11.5 Å². The zero-order valence-corrected chi connectivity index (χ0v) is 23.3. The molecule has 5 rings (SSSR count). The molecule has 0 unspecified atom stereocenters. The van der Waals surface area contributed by atoms with E-state index in [9.17, 15) is 9.90 Å². The SMILES string of the molecule is COc1ccc(OC)c(Nc2nc3c(s2)C[C@]2(C)CC[C@H]([C@H](C)C(=O)N4CCOCC4)[C@H](O)[C@H]2[C@@H]3C)c1. The van der Waals surface area contributed by atoms with Crippen LogP contribution in [0.5, 0.6) is 11.5 Å². The third kappa shape index (κ3) is 4.81. The van der Waals surface area contributed by atoms with Crippen LogP contribution in [0.25, 0.3) is 0 Å². The summed E-state index contributed by atoms with van der Waals surface area (Å²) in [5.41, 5.74) is 1.84. The van der Waals surface area contributed by atoms with Crippen LogP contribution < -0.4 is 14.8 Å². The number of amides is 1. The standard InChI is InChI=1S/C28H39N3O5S/c1-16(26(33)31-10-12-36-13-11-31)19-8-9-28(3)15-22-24(17(2)23(28)25(19)32)30-27(37-22)29-20-14-18(34-4)6-7-21(20)35-5/h6-7,14,16-17,19,23,25,32H,8-13,15H2,1-5H3,(H,29,30)/t16-,17-,19+,23+,25-,28-/m0/s1. The number of fused-ring (bicyclic) bond motifs is 2. The molecule has 1 saturated heterocycles.